The van der Waals surface area contributed by atoms with Gasteiger partial charge in [-0.1, -0.05) is 6.07 Å². The number of anilines is 1. The maximum Gasteiger partial charge on any atom is 0.250 e. The average Bonchev–Trinajstić information content (AvgIpc) is 2.77. The molecule has 2 atom stereocenters. The summed E-state index contributed by atoms with van der Waals surface area (Å²) in [5.74, 6) is 3.15. The van der Waals surface area contributed by atoms with Gasteiger partial charge in [0.15, 0.2) is 11.5 Å². The molecular weight excluding hydrogens is 384 g/mol. The van der Waals surface area contributed by atoms with Crippen LogP contribution in [0.25, 0.3) is 10.9 Å². The molecule has 5 rings (SSSR count). The van der Waals surface area contributed by atoms with Crippen LogP contribution < -0.4 is 24.7 Å². The Bertz CT molecular complexity index is 1180. The van der Waals surface area contributed by atoms with Crippen LogP contribution in [0.15, 0.2) is 35.4 Å². The SMILES string of the molecule is COc1cc2c(N3C[C@@H]4C[C@H](C3)c3cccc(=O)n3C4)ncnc2c(OC)c1OC. The van der Waals surface area contributed by atoms with E-state index in [-0.39, 0.29) is 5.56 Å². The Morgan fingerprint density at radius 3 is 2.60 bits per heavy atom. The number of nitrogens with zero attached hydrogens (tertiary/aromatic N) is 4. The number of hydrogen-bond donors (Lipinski definition) is 0. The number of pyridine rings is 1. The largest absolute Gasteiger partial charge is 0.493 e. The number of piperidine rings is 1. The fourth-order valence-electron chi connectivity index (χ4n) is 4.97. The van der Waals surface area contributed by atoms with Crippen molar-refractivity contribution in [3.8, 4) is 17.2 Å². The molecule has 0 spiro atoms. The van der Waals surface area contributed by atoms with Gasteiger partial charge in [0, 0.05) is 37.3 Å². The van der Waals surface area contributed by atoms with Crippen molar-refractivity contribution in [1.82, 2.24) is 14.5 Å². The molecule has 2 aliphatic heterocycles. The second-order valence-electron chi connectivity index (χ2n) is 7.84. The van der Waals surface area contributed by atoms with Crippen molar-refractivity contribution in [2.75, 3.05) is 39.3 Å². The number of ether oxygens (including phenoxy) is 3. The molecule has 30 heavy (non-hydrogen) atoms. The second-order valence-corrected chi connectivity index (χ2v) is 7.84. The normalized spacial score (nSPS) is 20.0. The zero-order valence-electron chi connectivity index (χ0n) is 17.3. The number of fused-ring (bicyclic) bond motifs is 5. The topological polar surface area (TPSA) is 78.7 Å². The van der Waals surface area contributed by atoms with Crippen LogP contribution in [0, 0.1) is 5.92 Å². The van der Waals surface area contributed by atoms with Crippen LogP contribution in [0.1, 0.15) is 18.0 Å². The lowest BCUT2D eigenvalue weighted by Crippen LogP contribution is -2.47. The third kappa shape index (κ3) is 2.78. The molecule has 1 aromatic carbocycles. The van der Waals surface area contributed by atoms with Crippen LogP contribution >= 0.6 is 0 Å². The quantitative estimate of drug-likeness (QED) is 0.656. The molecular formula is C22H24N4O4. The van der Waals surface area contributed by atoms with Gasteiger partial charge in [-0.25, -0.2) is 9.97 Å². The molecule has 0 aliphatic carbocycles. The highest BCUT2D eigenvalue weighted by Gasteiger charge is 2.35. The molecule has 0 saturated carbocycles. The average molecular weight is 408 g/mol. The summed E-state index contributed by atoms with van der Waals surface area (Å²) in [4.78, 5) is 23.7. The molecule has 3 aromatic rings. The molecule has 0 amide bonds. The van der Waals surface area contributed by atoms with Gasteiger partial charge in [0.25, 0.3) is 5.56 Å². The predicted molar refractivity (Wildman–Crippen MR) is 113 cm³/mol. The third-order valence-corrected chi connectivity index (χ3v) is 6.19. The number of benzene rings is 1. The molecule has 0 unspecified atom stereocenters. The molecule has 0 N–H and O–H groups in total. The van der Waals surface area contributed by atoms with Crippen molar-refractivity contribution >= 4 is 16.7 Å². The first-order valence-electron chi connectivity index (χ1n) is 10.0. The van der Waals surface area contributed by atoms with Crippen LogP contribution in [-0.4, -0.2) is 49.0 Å². The Balaban J connectivity index is 1.62. The second kappa shape index (κ2) is 7.19. The molecule has 2 bridgehead atoms. The molecule has 2 aliphatic rings. The van der Waals surface area contributed by atoms with E-state index in [1.54, 1.807) is 33.7 Å². The highest BCUT2D eigenvalue weighted by atomic mass is 16.5. The molecule has 0 radical (unpaired) electrons. The standard InChI is InChI=1S/C22H24N4O4/c1-28-17-8-15-19(21(30-3)20(17)29-2)23-12-24-22(15)25-9-13-7-14(11-25)16-5-4-6-18(27)26(16)10-13/h4-6,8,12-14H,7,9-11H2,1-3H3/t13-,14+/m0/s1. The maximum atomic E-state index is 12.3. The van der Waals surface area contributed by atoms with E-state index >= 15 is 0 Å². The minimum atomic E-state index is 0.0877. The summed E-state index contributed by atoms with van der Waals surface area (Å²) in [7, 11) is 4.78. The molecule has 8 nitrogen and oxygen atoms in total. The van der Waals surface area contributed by atoms with Gasteiger partial charge < -0.3 is 23.7 Å². The number of aromatic nitrogens is 3. The Labute approximate surface area is 174 Å². The van der Waals surface area contributed by atoms with Gasteiger partial charge in [-0.3, -0.25) is 4.79 Å². The summed E-state index contributed by atoms with van der Waals surface area (Å²) >= 11 is 0. The number of hydrogen-bond acceptors (Lipinski definition) is 7. The Kier molecular flexibility index (Phi) is 4.49. The van der Waals surface area contributed by atoms with Crippen molar-refractivity contribution in [2.45, 2.75) is 18.9 Å². The first-order valence-corrected chi connectivity index (χ1v) is 10.0. The molecule has 1 fully saturated rings. The monoisotopic (exact) mass is 408 g/mol. The first-order chi connectivity index (χ1) is 14.6. The van der Waals surface area contributed by atoms with Gasteiger partial charge in [-0.2, -0.15) is 0 Å². The lowest BCUT2D eigenvalue weighted by molar-refractivity contribution is 0.281. The van der Waals surface area contributed by atoms with E-state index in [0.29, 0.717) is 34.6 Å². The van der Waals surface area contributed by atoms with Crippen molar-refractivity contribution < 1.29 is 14.2 Å². The lowest BCUT2D eigenvalue weighted by Gasteiger charge is -2.43. The fourth-order valence-corrected chi connectivity index (χ4v) is 4.97. The lowest BCUT2D eigenvalue weighted by atomic mass is 9.83. The van der Waals surface area contributed by atoms with E-state index in [2.05, 4.69) is 20.9 Å². The van der Waals surface area contributed by atoms with Gasteiger partial charge in [0.05, 0.1) is 26.7 Å². The fraction of sp³-hybridized carbons (Fsp3) is 0.409. The van der Waals surface area contributed by atoms with E-state index < -0.39 is 0 Å². The van der Waals surface area contributed by atoms with Gasteiger partial charge in [-0.15, -0.1) is 0 Å². The van der Waals surface area contributed by atoms with Crippen LogP contribution in [0.3, 0.4) is 0 Å². The van der Waals surface area contributed by atoms with Crippen molar-refractivity contribution in [2.24, 2.45) is 5.92 Å². The first kappa shape index (κ1) is 18.7. The smallest absolute Gasteiger partial charge is 0.250 e. The van der Waals surface area contributed by atoms with E-state index in [9.17, 15) is 4.79 Å². The summed E-state index contributed by atoms with van der Waals surface area (Å²) < 4.78 is 18.6. The van der Waals surface area contributed by atoms with E-state index in [4.69, 9.17) is 14.2 Å². The van der Waals surface area contributed by atoms with Gasteiger partial charge in [0.1, 0.15) is 17.7 Å². The summed E-state index contributed by atoms with van der Waals surface area (Å²) in [6.07, 6.45) is 2.65. The van der Waals surface area contributed by atoms with Gasteiger partial charge in [0.2, 0.25) is 5.75 Å². The summed E-state index contributed by atoms with van der Waals surface area (Å²) in [6.45, 7) is 2.37. The Morgan fingerprint density at radius 2 is 1.83 bits per heavy atom. The number of methoxy groups -OCH3 is 3. The zero-order valence-corrected chi connectivity index (χ0v) is 17.3. The predicted octanol–water partition coefficient (Wildman–Crippen LogP) is 2.44. The highest BCUT2D eigenvalue weighted by Crippen LogP contribution is 2.45. The van der Waals surface area contributed by atoms with Crippen LogP contribution in [0.5, 0.6) is 17.2 Å². The Hall–Kier alpha value is -3.29. The zero-order chi connectivity index (χ0) is 20.8. The van der Waals surface area contributed by atoms with Crippen molar-refractivity contribution in [3.63, 3.8) is 0 Å². The minimum Gasteiger partial charge on any atom is -0.493 e. The Morgan fingerprint density at radius 1 is 1.00 bits per heavy atom. The van der Waals surface area contributed by atoms with Gasteiger partial charge >= 0.3 is 0 Å². The van der Waals surface area contributed by atoms with E-state index in [1.807, 2.05) is 16.7 Å². The summed E-state index contributed by atoms with van der Waals surface area (Å²) in [6, 6.07) is 7.48. The third-order valence-electron chi connectivity index (χ3n) is 6.19. The number of rotatable bonds is 4. The van der Waals surface area contributed by atoms with Crippen LogP contribution in [-0.2, 0) is 6.54 Å². The van der Waals surface area contributed by atoms with Gasteiger partial charge in [-0.05, 0) is 24.5 Å². The van der Waals surface area contributed by atoms with Crippen molar-refractivity contribution in [1.29, 1.82) is 0 Å². The van der Waals surface area contributed by atoms with Crippen LogP contribution in [0.4, 0.5) is 5.82 Å². The minimum absolute atomic E-state index is 0.0877. The highest BCUT2D eigenvalue weighted by molar-refractivity contribution is 5.97. The maximum absolute atomic E-state index is 12.3. The molecule has 4 heterocycles. The molecule has 2 aromatic heterocycles. The molecule has 8 heteroatoms. The van der Waals surface area contributed by atoms with Crippen molar-refractivity contribution in [3.05, 3.63) is 46.6 Å². The summed E-state index contributed by atoms with van der Waals surface area (Å²) in [5, 5.41) is 0.859. The van der Waals surface area contributed by atoms with E-state index in [1.165, 1.54) is 0 Å². The summed E-state index contributed by atoms with van der Waals surface area (Å²) in [5.41, 5.74) is 1.89. The van der Waals surface area contributed by atoms with Crippen LogP contribution in [0.2, 0.25) is 0 Å². The van der Waals surface area contributed by atoms with E-state index in [0.717, 1.165) is 43.0 Å². The molecule has 156 valence electrons. The molecule has 1 saturated heterocycles.